The maximum absolute atomic E-state index is 5.43. The van der Waals surface area contributed by atoms with Crippen LogP contribution in [0.15, 0.2) is 18.6 Å². The van der Waals surface area contributed by atoms with Gasteiger partial charge in [-0.15, -0.1) is 0 Å². The molecule has 0 amide bonds. The van der Waals surface area contributed by atoms with E-state index in [0.717, 1.165) is 17.1 Å². The zero-order valence-corrected chi connectivity index (χ0v) is 7.36. The maximum atomic E-state index is 5.43. The van der Waals surface area contributed by atoms with Crippen molar-refractivity contribution in [3.8, 4) is 11.3 Å². The fraction of sp³-hybridized carbons (Fsp3) is 0.250. The van der Waals surface area contributed by atoms with Crippen LogP contribution in [0.4, 0.5) is 0 Å². The zero-order chi connectivity index (χ0) is 9.26. The molecular weight excluding hydrogens is 166 g/mol. The van der Waals surface area contributed by atoms with E-state index in [2.05, 4.69) is 15.1 Å². The average molecular weight is 177 g/mol. The van der Waals surface area contributed by atoms with Crippen molar-refractivity contribution >= 4 is 0 Å². The Morgan fingerprint density at radius 3 is 2.92 bits per heavy atom. The molecule has 0 fully saturated rings. The van der Waals surface area contributed by atoms with Gasteiger partial charge in [0.25, 0.3) is 0 Å². The van der Waals surface area contributed by atoms with Crippen LogP contribution in [0.25, 0.3) is 11.3 Å². The number of nitrogens with two attached hydrogens (primary N) is 1. The highest BCUT2D eigenvalue weighted by atomic mass is 15.2. The van der Waals surface area contributed by atoms with Crippen molar-refractivity contribution in [1.82, 2.24) is 19.7 Å². The molecule has 0 unspecified atom stereocenters. The molecule has 0 spiro atoms. The van der Waals surface area contributed by atoms with E-state index in [0.29, 0.717) is 6.54 Å². The minimum atomic E-state index is 0.431. The second kappa shape index (κ2) is 3.02. The van der Waals surface area contributed by atoms with E-state index in [-0.39, 0.29) is 0 Å². The lowest BCUT2D eigenvalue weighted by atomic mass is 10.3. The molecule has 0 aromatic carbocycles. The van der Waals surface area contributed by atoms with Gasteiger partial charge in [0, 0.05) is 18.8 Å². The SMILES string of the molecule is Cn1cc(-c2cnc(CN)[nH]2)cn1. The fourth-order valence-electron chi connectivity index (χ4n) is 1.17. The van der Waals surface area contributed by atoms with E-state index in [4.69, 9.17) is 5.73 Å². The standard InChI is InChI=1S/C8H11N5/c1-13-5-6(3-11-13)7-4-10-8(2-9)12-7/h3-5H,2,9H2,1H3,(H,10,12). The molecule has 5 heteroatoms. The molecule has 0 bridgehead atoms. The smallest absolute Gasteiger partial charge is 0.120 e. The summed E-state index contributed by atoms with van der Waals surface area (Å²) in [5.41, 5.74) is 7.41. The third kappa shape index (κ3) is 1.46. The molecule has 0 saturated carbocycles. The average Bonchev–Trinajstić information content (AvgIpc) is 2.71. The third-order valence-corrected chi connectivity index (χ3v) is 1.84. The highest BCUT2D eigenvalue weighted by molar-refractivity contribution is 5.55. The van der Waals surface area contributed by atoms with Gasteiger partial charge in [0.15, 0.2) is 0 Å². The number of aryl methyl sites for hydroxylation is 1. The van der Waals surface area contributed by atoms with Crippen molar-refractivity contribution < 1.29 is 0 Å². The van der Waals surface area contributed by atoms with E-state index in [1.165, 1.54) is 0 Å². The lowest BCUT2D eigenvalue weighted by molar-refractivity contribution is 0.768. The van der Waals surface area contributed by atoms with Crippen LogP contribution in [0.3, 0.4) is 0 Å². The van der Waals surface area contributed by atoms with Gasteiger partial charge in [-0.2, -0.15) is 5.10 Å². The number of imidazole rings is 1. The fourth-order valence-corrected chi connectivity index (χ4v) is 1.17. The summed E-state index contributed by atoms with van der Waals surface area (Å²) in [5.74, 6) is 0.791. The van der Waals surface area contributed by atoms with Gasteiger partial charge in [-0.3, -0.25) is 4.68 Å². The molecule has 3 N–H and O–H groups in total. The third-order valence-electron chi connectivity index (χ3n) is 1.84. The molecule has 2 rings (SSSR count). The molecule has 2 heterocycles. The molecule has 2 aromatic rings. The second-order valence-corrected chi connectivity index (χ2v) is 2.85. The molecule has 0 aliphatic heterocycles. The summed E-state index contributed by atoms with van der Waals surface area (Å²) in [6.45, 7) is 0.431. The van der Waals surface area contributed by atoms with Crippen molar-refractivity contribution in [2.24, 2.45) is 12.8 Å². The Morgan fingerprint density at radius 1 is 1.54 bits per heavy atom. The molecule has 68 valence electrons. The summed E-state index contributed by atoms with van der Waals surface area (Å²) < 4.78 is 1.75. The summed E-state index contributed by atoms with van der Waals surface area (Å²) in [5, 5.41) is 4.07. The number of aromatic amines is 1. The lowest BCUT2D eigenvalue weighted by Crippen LogP contribution is -1.97. The van der Waals surface area contributed by atoms with Crippen LogP contribution in [-0.4, -0.2) is 19.7 Å². The van der Waals surface area contributed by atoms with Gasteiger partial charge in [0.05, 0.1) is 24.6 Å². The maximum Gasteiger partial charge on any atom is 0.120 e. The van der Waals surface area contributed by atoms with E-state index in [1.807, 2.05) is 13.2 Å². The highest BCUT2D eigenvalue weighted by Crippen LogP contribution is 2.14. The second-order valence-electron chi connectivity index (χ2n) is 2.85. The zero-order valence-electron chi connectivity index (χ0n) is 7.36. The van der Waals surface area contributed by atoms with Crippen LogP contribution < -0.4 is 5.73 Å². The molecule has 5 nitrogen and oxygen atoms in total. The van der Waals surface area contributed by atoms with E-state index >= 15 is 0 Å². The van der Waals surface area contributed by atoms with E-state index < -0.39 is 0 Å². The van der Waals surface area contributed by atoms with Gasteiger partial charge < -0.3 is 10.7 Å². The van der Waals surface area contributed by atoms with Crippen LogP contribution in [0.5, 0.6) is 0 Å². The number of nitrogens with zero attached hydrogens (tertiary/aromatic N) is 3. The predicted octanol–water partition coefficient (Wildman–Crippen LogP) is 0.269. The van der Waals surface area contributed by atoms with Gasteiger partial charge in [0.1, 0.15) is 5.82 Å². The Bertz CT molecular complexity index is 400. The van der Waals surface area contributed by atoms with Crippen LogP contribution in [0, 0.1) is 0 Å². The van der Waals surface area contributed by atoms with Crippen LogP contribution >= 0.6 is 0 Å². The van der Waals surface area contributed by atoms with Gasteiger partial charge >= 0.3 is 0 Å². The van der Waals surface area contributed by atoms with Crippen molar-refractivity contribution in [3.05, 3.63) is 24.4 Å². The minimum absolute atomic E-state index is 0.431. The normalized spacial score (nSPS) is 10.6. The molecule has 2 aromatic heterocycles. The van der Waals surface area contributed by atoms with Gasteiger partial charge in [-0.1, -0.05) is 0 Å². The van der Waals surface area contributed by atoms with Crippen LogP contribution in [0.1, 0.15) is 5.82 Å². The van der Waals surface area contributed by atoms with Crippen molar-refractivity contribution in [2.45, 2.75) is 6.54 Å². The highest BCUT2D eigenvalue weighted by Gasteiger charge is 2.03. The van der Waals surface area contributed by atoms with Crippen LogP contribution in [0.2, 0.25) is 0 Å². The molecule has 0 aliphatic rings. The summed E-state index contributed by atoms with van der Waals surface area (Å²) >= 11 is 0. The van der Waals surface area contributed by atoms with Crippen LogP contribution in [-0.2, 0) is 13.6 Å². The summed E-state index contributed by atoms with van der Waals surface area (Å²) in [4.78, 5) is 7.21. The number of nitrogens with one attached hydrogen (secondary N) is 1. The number of hydrogen-bond acceptors (Lipinski definition) is 3. The monoisotopic (exact) mass is 177 g/mol. The van der Waals surface area contributed by atoms with E-state index in [1.54, 1.807) is 17.1 Å². The first-order valence-corrected chi connectivity index (χ1v) is 4.02. The van der Waals surface area contributed by atoms with E-state index in [9.17, 15) is 0 Å². The first-order valence-electron chi connectivity index (χ1n) is 4.02. The Labute approximate surface area is 75.6 Å². The molecular formula is C8H11N5. The van der Waals surface area contributed by atoms with Gasteiger partial charge in [-0.25, -0.2) is 4.98 Å². The largest absolute Gasteiger partial charge is 0.341 e. The lowest BCUT2D eigenvalue weighted by Gasteiger charge is -1.89. The summed E-state index contributed by atoms with van der Waals surface area (Å²) in [7, 11) is 1.88. The Kier molecular flexibility index (Phi) is 1.86. The minimum Gasteiger partial charge on any atom is -0.341 e. The topological polar surface area (TPSA) is 72.5 Å². The Hall–Kier alpha value is -1.62. The number of rotatable bonds is 2. The van der Waals surface area contributed by atoms with Crippen molar-refractivity contribution in [2.75, 3.05) is 0 Å². The van der Waals surface area contributed by atoms with Crippen molar-refractivity contribution in [3.63, 3.8) is 0 Å². The quantitative estimate of drug-likeness (QED) is 0.691. The van der Waals surface area contributed by atoms with Crippen molar-refractivity contribution in [1.29, 1.82) is 0 Å². The Balaban J connectivity index is 2.35. The molecule has 0 aliphatic carbocycles. The number of aromatic nitrogens is 4. The molecule has 13 heavy (non-hydrogen) atoms. The predicted molar refractivity (Wildman–Crippen MR) is 48.7 cm³/mol. The first-order chi connectivity index (χ1) is 6.29. The molecule has 0 radical (unpaired) electrons. The van der Waals surface area contributed by atoms with Gasteiger partial charge in [0.2, 0.25) is 0 Å². The summed E-state index contributed by atoms with van der Waals surface area (Å²) in [6.07, 6.45) is 5.47. The molecule has 0 saturated heterocycles. The Morgan fingerprint density at radius 2 is 2.38 bits per heavy atom. The first kappa shape index (κ1) is 8.00. The summed E-state index contributed by atoms with van der Waals surface area (Å²) in [6, 6.07) is 0. The number of hydrogen-bond donors (Lipinski definition) is 2. The number of H-pyrrole nitrogens is 1. The van der Waals surface area contributed by atoms with Gasteiger partial charge in [-0.05, 0) is 0 Å². The molecule has 0 atom stereocenters.